The van der Waals surface area contributed by atoms with E-state index in [1.807, 2.05) is 30.3 Å². The van der Waals surface area contributed by atoms with Gasteiger partial charge in [0, 0.05) is 16.5 Å². The first kappa shape index (κ1) is 24.1. The molecule has 0 atom stereocenters. The summed E-state index contributed by atoms with van der Waals surface area (Å²) in [7, 11) is 1.66. The van der Waals surface area contributed by atoms with Gasteiger partial charge in [-0.1, -0.05) is 36.6 Å². The number of hydrogen-bond acceptors (Lipinski definition) is 6. The predicted octanol–water partition coefficient (Wildman–Crippen LogP) is 6.56. The molecule has 4 aromatic rings. The number of nitrogens with zero attached hydrogens (tertiary/aromatic N) is 3. The number of halogens is 1. The summed E-state index contributed by atoms with van der Waals surface area (Å²) in [6.07, 6.45) is 8.63. The first-order valence-corrected chi connectivity index (χ1v) is 13.5. The number of aromatic nitrogens is 3. The summed E-state index contributed by atoms with van der Waals surface area (Å²) < 4.78 is 14.0. The first-order valence-electron chi connectivity index (χ1n) is 13.1. The van der Waals surface area contributed by atoms with Crippen LogP contribution in [-0.2, 0) is 0 Å². The molecule has 2 aliphatic rings. The van der Waals surface area contributed by atoms with E-state index in [2.05, 4.69) is 20.9 Å². The zero-order valence-corrected chi connectivity index (χ0v) is 21.8. The Morgan fingerprint density at radius 1 is 1.00 bits per heavy atom. The third-order valence-corrected chi connectivity index (χ3v) is 8.03. The molecule has 7 nitrogen and oxygen atoms in total. The molecule has 1 aliphatic heterocycles. The van der Waals surface area contributed by atoms with E-state index in [0.29, 0.717) is 39.9 Å². The number of nitrogen functional groups attached to an aromatic ring is 1. The minimum Gasteiger partial charge on any atom is -0.493 e. The van der Waals surface area contributed by atoms with Gasteiger partial charge in [-0.05, 0) is 86.1 Å². The van der Waals surface area contributed by atoms with Crippen LogP contribution in [0, 0.1) is 0 Å². The molecule has 2 aromatic heterocycles. The van der Waals surface area contributed by atoms with Crippen LogP contribution in [-0.4, -0.2) is 34.8 Å². The van der Waals surface area contributed by atoms with Crippen LogP contribution in [0.25, 0.3) is 16.6 Å². The highest BCUT2D eigenvalue weighted by Gasteiger charge is 2.34. The smallest absolute Gasteiger partial charge is 0.169 e. The summed E-state index contributed by atoms with van der Waals surface area (Å²) in [4.78, 5) is 4.41. The van der Waals surface area contributed by atoms with Crippen molar-refractivity contribution in [3.05, 3.63) is 65.1 Å². The van der Waals surface area contributed by atoms with Gasteiger partial charge in [-0.15, -0.1) is 0 Å². The molecule has 0 bridgehead atoms. The molecule has 6 rings (SSSR count). The second-order valence-corrected chi connectivity index (χ2v) is 10.4. The van der Waals surface area contributed by atoms with Crippen molar-refractivity contribution in [1.82, 2.24) is 19.9 Å². The molecular formula is C29H32ClN5O2. The molecule has 0 spiro atoms. The molecule has 3 N–H and O–H groups in total. The normalized spacial score (nSPS) is 16.9. The van der Waals surface area contributed by atoms with Crippen molar-refractivity contribution in [3.63, 3.8) is 0 Å². The number of piperidine rings is 1. The highest BCUT2D eigenvalue weighted by atomic mass is 35.5. The van der Waals surface area contributed by atoms with Gasteiger partial charge in [-0.2, -0.15) is 5.10 Å². The lowest BCUT2D eigenvalue weighted by molar-refractivity contribution is 0.379. The Labute approximate surface area is 221 Å². The highest BCUT2D eigenvalue weighted by Crippen LogP contribution is 2.49. The fourth-order valence-corrected chi connectivity index (χ4v) is 6.31. The molecule has 192 valence electrons. The van der Waals surface area contributed by atoms with Gasteiger partial charge in [0.25, 0.3) is 0 Å². The number of rotatable bonds is 6. The maximum Gasteiger partial charge on any atom is 0.169 e. The molecule has 0 unspecified atom stereocenters. The summed E-state index contributed by atoms with van der Waals surface area (Å²) in [5.74, 6) is 3.34. The number of nitrogens with two attached hydrogens (primary N) is 1. The van der Waals surface area contributed by atoms with E-state index in [-0.39, 0.29) is 0 Å². The van der Waals surface area contributed by atoms with Gasteiger partial charge in [0.2, 0.25) is 0 Å². The molecule has 2 fully saturated rings. The number of benzene rings is 2. The fraction of sp³-hybridized carbons (Fsp3) is 0.379. The van der Waals surface area contributed by atoms with Crippen LogP contribution in [0.1, 0.15) is 61.6 Å². The average Bonchev–Trinajstić information content (AvgIpc) is 3.56. The molecule has 1 saturated carbocycles. The quantitative estimate of drug-likeness (QED) is 0.301. The number of ether oxygens (including phenoxy) is 2. The number of nitrogens with one attached hydrogen (secondary N) is 1. The van der Waals surface area contributed by atoms with Gasteiger partial charge >= 0.3 is 0 Å². The van der Waals surface area contributed by atoms with Crippen LogP contribution in [0.4, 0.5) is 5.82 Å². The molecular weight excluding hydrogens is 486 g/mol. The van der Waals surface area contributed by atoms with Crippen molar-refractivity contribution in [2.24, 2.45) is 0 Å². The maximum absolute atomic E-state index is 6.57. The number of anilines is 1. The van der Waals surface area contributed by atoms with Crippen molar-refractivity contribution in [2.45, 2.75) is 50.4 Å². The van der Waals surface area contributed by atoms with Crippen LogP contribution >= 0.6 is 11.6 Å². The van der Waals surface area contributed by atoms with Gasteiger partial charge in [-0.25, -0.2) is 9.50 Å². The largest absolute Gasteiger partial charge is 0.493 e. The van der Waals surface area contributed by atoms with E-state index < -0.39 is 0 Å². The maximum atomic E-state index is 6.57. The molecule has 37 heavy (non-hydrogen) atoms. The lowest BCUT2D eigenvalue weighted by Gasteiger charge is -2.26. The molecule has 1 aliphatic carbocycles. The predicted molar refractivity (Wildman–Crippen MR) is 147 cm³/mol. The molecule has 8 heteroatoms. The second-order valence-electron chi connectivity index (χ2n) is 10.0. The van der Waals surface area contributed by atoms with E-state index in [1.165, 1.54) is 36.9 Å². The van der Waals surface area contributed by atoms with E-state index in [9.17, 15) is 0 Å². The Morgan fingerprint density at radius 2 is 1.81 bits per heavy atom. The lowest BCUT2D eigenvalue weighted by atomic mass is 9.82. The molecule has 1 saturated heterocycles. The topological polar surface area (TPSA) is 86.7 Å². The first-order chi connectivity index (χ1) is 18.1. The molecule has 3 heterocycles. The van der Waals surface area contributed by atoms with Crippen molar-refractivity contribution in [1.29, 1.82) is 0 Å². The van der Waals surface area contributed by atoms with Gasteiger partial charge in [0.15, 0.2) is 17.3 Å². The summed E-state index contributed by atoms with van der Waals surface area (Å²) in [6.45, 7) is 2.02. The Morgan fingerprint density at radius 3 is 2.57 bits per heavy atom. The Bertz CT molecular complexity index is 1420. The van der Waals surface area contributed by atoms with Gasteiger partial charge < -0.3 is 20.5 Å². The fourth-order valence-electron chi connectivity index (χ4n) is 6.13. The number of hydrogen-bond donors (Lipinski definition) is 2. The highest BCUT2D eigenvalue weighted by molar-refractivity contribution is 6.30. The third-order valence-electron chi connectivity index (χ3n) is 7.79. The van der Waals surface area contributed by atoms with Gasteiger partial charge in [0.05, 0.1) is 12.8 Å². The van der Waals surface area contributed by atoms with Crippen LogP contribution in [0.15, 0.2) is 48.8 Å². The van der Waals surface area contributed by atoms with Crippen LogP contribution in [0.2, 0.25) is 5.02 Å². The second kappa shape index (κ2) is 10.2. The minimum atomic E-state index is 0.432. The van der Waals surface area contributed by atoms with Crippen LogP contribution < -0.4 is 20.5 Å². The monoisotopic (exact) mass is 517 g/mol. The van der Waals surface area contributed by atoms with Crippen LogP contribution in [0.5, 0.6) is 17.2 Å². The Hall–Kier alpha value is -3.29. The summed E-state index contributed by atoms with van der Waals surface area (Å²) in [5.41, 5.74) is 12.3. The minimum absolute atomic E-state index is 0.432. The number of fused-ring (bicyclic) bond motifs is 1. The molecule has 0 amide bonds. The molecule has 0 radical (unpaired) electrons. The Kier molecular flexibility index (Phi) is 6.65. The SMILES string of the molecule is COc1cc(-c2c(C3CCNCC3)c(C3CCCC3)n3ncnc(N)c23)ccc1Oc1cccc(Cl)c1. The van der Waals surface area contributed by atoms with Crippen molar-refractivity contribution in [2.75, 3.05) is 25.9 Å². The summed E-state index contributed by atoms with van der Waals surface area (Å²) in [6, 6.07) is 13.4. The third kappa shape index (κ3) is 4.51. The van der Waals surface area contributed by atoms with Crippen LogP contribution in [0.3, 0.4) is 0 Å². The zero-order valence-electron chi connectivity index (χ0n) is 21.0. The van der Waals surface area contributed by atoms with E-state index in [1.54, 1.807) is 19.5 Å². The van der Waals surface area contributed by atoms with Gasteiger partial charge in [0.1, 0.15) is 17.6 Å². The Balaban J connectivity index is 1.54. The summed E-state index contributed by atoms with van der Waals surface area (Å²) in [5, 5.41) is 8.90. The van der Waals surface area contributed by atoms with E-state index in [0.717, 1.165) is 42.6 Å². The summed E-state index contributed by atoms with van der Waals surface area (Å²) >= 11 is 6.17. The van der Waals surface area contributed by atoms with Gasteiger partial charge in [-0.3, -0.25) is 0 Å². The van der Waals surface area contributed by atoms with E-state index in [4.69, 9.17) is 31.9 Å². The molecule has 2 aromatic carbocycles. The standard InChI is InChI=1S/C29H32ClN5O2/c1-36-24-15-20(9-10-23(24)37-22-8-4-7-21(30)16-22)26-25(18-11-13-32-14-12-18)27(19-5-2-3-6-19)35-28(26)29(31)33-17-34-35/h4,7-10,15-19,32H,2-3,5-6,11-14H2,1H3,(H2,31,33,34). The zero-order chi connectivity index (χ0) is 25.4. The number of methoxy groups -OCH3 is 1. The van der Waals surface area contributed by atoms with Crippen molar-refractivity contribution >= 4 is 22.9 Å². The van der Waals surface area contributed by atoms with Crippen molar-refractivity contribution < 1.29 is 9.47 Å². The van der Waals surface area contributed by atoms with E-state index >= 15 is 0 Å². The lowest BCUT2D eigenvalue weighted by Crippen LogP contribution is -2.27. The average molecular weight is 518 g/mol. The van der Waals surface area contributed by atoms with Crippen molar-refractivity contribution in [3.8, 4) is 28.4 Å².